The summed E-state index contributed by atoms with van der Waals surface area (Å²) in [6.07, 6.45) is 3.58. The molecule has 3 rings (SSSR count). The second-order valence-electron chi connectivity index (χ2n) is 6.15. The van der Waals surface area contributed by atoms with Crippen molar-refractivity contribution in [2.45, 2.75) is 31.7 Å². The molecule has 1 aromatic carbocycles. The van der Waals surface area contributed by atoms with Crippen molar-refractivity contribution in [1.29, 1.82) is 0 Å². The highest BCUT2D eigenvalue weighted by molar-refractivity contribution is 5.89. The fraction of sp³-hybridized carbons (Fsp3) is 0.389. The van der Waals surface area contributed by atoms with Gasteiger partial charge in [0.15, 0.2) is 11.6 Å². The van der Waals surface area contributed by atoms with Crippen LogP contribution in [0.4, 0.5) is 10.6 Å². The van der Waals surface area contributed by atoms with Crippen LogP contribution in [0, 0.1) is 5.92 Å². The molecule has 1 aliphatic carbocycles. The Morgan fingerprint density at radius 1 is 1.16 bits per heavy atom. The number of hydrogen-bond acceptors (Lipinski definition) is 4. The zero-order chi connectivity index (χ0) is 17.6. The molecule has 0 bridgehead atoms. The molecule has 3 amide bonds. The Balaban J connectivity index is 1.60. The summed E-state index contributed by atoms with van der Waals surface area (Å²) >= 11 is 0. The van der Waals surface area contributed by atoms with Crippen LogP contribution in [-0.4, -0.2) is 30.2 Å². The van der Waals surface area contributed by atoms with Crippen molar-refractivity contribution in [3.63, 3.8) is 0 Å². The second kappa shape index (κ2) is 7.83. The number of nitrogens with one attached hydrogen (secondary N) is 3. The Morgan fingerprint density at radius 3 is 2.68 bits per heavy atom. The smallest absolute Gasteiger partial charge is 0.320 e. The molecule has 7 nitrogen and oxygen atoms in total. The van der Waals surface area contributed by atoms with Crippen molar-refractivity contribution in [1.82, 2.24) is 15.8 Å². The monoisotopic (exact) mass is 342 g/mol. The van der Waals surface area contributed by atoms with Gasteiger partial charge in [-0.3, -0.25) is 10.1 Å². The number of amides is 3. The van der Waals surface area contributed by atoms with E-state index in [0.29, 0.717) is 11.6 Å². The fourth-order valence-corrected chi connectivity index (χ4v) is 3.20. The minimum Gasteiger partial charge on any atom is -0.359 e. The standard InChI is InChI=1S/C18H22N4O3/c1-19-17(23)13-9-5-6-10-14(13)20-18(24)21-16-11-15(25-22-16)12-7-3-2-4-8-12/h2-4,7-8,11,13-14H,5-6,9-10H2,1H3,(H,19,23)(H2,20,21,22,24). The normalized spacial score (nSPS) is 19.9. The minimum atomic E-state index is -0.381. The van der Waals surface area contributed by atoms with Crippen LogP contribution in [0.25, 0.3) is 11.3 Å². The summed E-state index contributed by atoms with van der Waals surface area (Å²) in [6, 6.07) is 10.6. The minimum absolute atomic E-state index is 0.0298. The number of benzene rings is 1. The highest BCUT2D eigenvalue weighted by Gasteiger charge is 2.31. The van der Waals surface area contributed by atoms with Crippen LogP contribution in [0.15, 0.2) is 40.9 Å². The van der Waals surface area contributed by atoms with Gasteiger partial charge in [-0.15, -0.1) is 0 Å². The maximum absolute atomic E-state index is 12.2. The van der Waals surface area contributed by atoms with Gasteiger partial charge in [0.2, 0.25) is 5.91 Å². The number of rotatable bonds is 4. The summed E-state index contributed by atoms with van der Waals surface area (Å²) < 4.78 is 5.26. The lowest BCUT2D eigenvalue weighted by Gasteiger charge is -2.30. The Morgan fingerprint density at radius 2 is 1.92 bits per heavy atom. The van der Waals surface area contributed by atoms with E-state index in [1.54, 1.807) is 13.1 Å². The van der Waals surface area contributed by atoms with Crippen LogP contribution >= 0.6 is 0 Å². The predicted molar refractivity (Wildman–Crippen MR) is 93.9 cm³/mol. The molecule has 2 atom stereocenters. The van der Waals surface area contributed by atoms with Crippen LogP contribution in [-0.2, 0) is 4.79 Å². The van der Waals surface area contributed by atoms with Gasteiger partial charge in [0, 0.05) is 24.7 Å². The molecule has 0 aliphatic heterocycles. The average molecular weight is 342 g/mol. The molecule has 0 radical (unpaired) electrons. The summed E-state index contributed by atoms with van der Waals surface area (Å²) in [5.74, 6) is 0.694. The number of carbonyl (C=O) groups excluding carboxylic acids is 2. The number of anilines is 1. The lowest BCUT2D eigenvalue weighted by Crippen LogP contribution is -2.49. The van der Waals surface area contributed by atoms with Crippen molar-refractivity contribution in [3.05, 3.63) is 36.4 Å². The molecular weight excluding hydrogens is 320 g/mol. The van der Waals surface area contributed by atoms with Crippen LogP contribution in [0.5, 0.6) is 0 Å². The topological polar surface area (TPSA) is 96.3 Å². The van der Waals surface area contributed by atoms with E-state index in [9.17, 15) is 9.59 Å². The highest BCUT2D eigenvalue weighted by atomic mass is 16.5. The third-order valence-electron chi connectivity index (χ3n) is 4.48. The molecular formula is C18H22N4O3. The molecule has 7 heteroatoms. The third kappa shape index (κ3) is 4.17. The van der Waals surface area contributed by atoms with Crippen molar-refractivity contribution in [2.75, 3.05) is 12.4 Å². The zero-order valence-electron chi connectivity index (χ0n) is 14.1. The van der Waals surface area contributed by atoms with E-state index < -0.39 is 0 Å². The van der Waals surface area contributed by atoms with Gasteiger partial charge in [0.05, 0.1) is 5.92 Å². The summed E-state index contributed by atoms with van der Waals surface area (Å²) in [5, 5.41) is 12.1. The first-order valence-corrected chi connectivity index (χ1v) is 8.48. The molecule has 1 aromatic heterocycles. The number of carbonyl (C=O) groups is 2. The predicted octanol–water partition coefficient (Wildman–Crippen LogP) is 2.77. The van der Waals surface area contributed by atoms with E-state index >= 15 is 0 Å². The first-order valence-electron chi connectivity index (χ1n) is 8.48. The van der Waals surface area contributed by atoms with E-state index in [1.165, 1.54) is 0 Å². The van der Waals surface area contributed by atoms with E-state index in [-0.39, 0.29) is 23.9 Å². The third-order valence-corrected chi connectivity index (χ3v) is 4.48. The first kappa shape index (κ1) is 17.0. The van der Waals surface area contributed by atoms with E-state index in [2.05, 4.69) is 21.1 Å². The number of urea groups is 1. The second-order valence-corrected chi connectivity index (χ2v) is 6.15. The van der Waals surface area contributed by atoms with Gasteiger partial charge in [0.25, 0.3) is 0 Å². The maximum Gasteiger partial charge on any atom is 0.320 e. The highest BCUT2D eigenvalue weighted by Crippen LogP contribution is 2.25. The van der Waals surface area contributed by atoms with Gasteiger partial charge in [-0.1, -0.05) is 48.3 Å². The van der Waals surface area contributed by atoms with Gasteiger partial charge >= 0.3 is 6.03 Å². The van der Waals surface area contributed by atoms with Crippen LogP contribution in [0.1, 0.15) is 25.7 Å². The number of nitrogens with zero attached hydrogens (tertiary/aromatic N) is 1. The van der Waals surface area contributed by atoms with Gasteiger partial charge < -0.3 is 15.2 Å². The lowest BCUT2D eigenvalue weighted by molar-refractivity contribution is -0.126. The van der Waals surface area contributed by atoms with Crippen molar-refractivity contribution < 1.29 is 14.1 Å². The number of aromatic nitrogens is 1. The molecule has 2 unspecified atom stereocenters. The van der Waals surface area contributed by atoms with Crippen molar-refractivity contribution in [3.8, 4) is 11.3 Å². The average Bonchev–Trinajstić information content (AvgIpc) is 3.10. The first-order chi connectivity index (χ1) is 12.2. The molecule has 132 valence electrons. The van der Waals surface area contributed by atoms with Gasteiger partial charge in [-0.05, 0) is 12.8 Å². The largest absolute Gasteiger partial charge is 0.359 e. The summed E-state index contributed by atoms with van der Waals surface area (Å²) in [5.41, 5.74) is 0.885. The molecule has 1 saturated carbocycles. The van der Waals surface area contributed by atoms with Gasteiger partial charge in [-0.25, -0.2) is 4.79 Å². The quantitative estimate of drug-likeness (QED) is 0.796. The lowest BCUT2D eigenvalue weighted by atomic mass is 9.84. The van der Waals surface area contributed by atoms with Gasteiger partial charge in [-0.2, -0.15) is 0 Å². The summed E-state index contributed by atoms with van der Waals surface area (Å²) in [6.45, 7) is 0. The summed E-state index contributed by atoms with van der Waals surface area (Å²) in [7, 11) is 1.62. The molecule has 3 N–H and O–H groups in total. The fourth-order valence-electron chi connectivity index (χ4n) is 3.20. The van der Waals surface area contributed by atoms with Crippen LogP contribution in [0.3, 0.4) is 0 Å². The molecule has 0 saturated heterocycles. The van der Waals surface area contributed by atoms with E-state index in [4.69, 9.17) is 4.52 Å². The van der Waals surface area contributed by atoms with E-state index in [0.717, 1.165) is 31.2 Å². The Hall–Kier alpha value is -2.83. The molecule has 0 spiro atoms. The number of hydrogen-bond donors (Lipinski definition) is 3. The van der Waals surface area contributed by atoms with Crippen molar-refractivity contribution in [2.24, 2.45) is 5.92 Å². The van der Waals surface area contributed by atoms with Crippen LogP contribution in [0.2, 0.25) is 0 Å². The molecule has 25 heavy (non-hydrogen) atoms. The van der Waals surface area contributed by atoms with Gasteiger partial charge in [0.1, 0.15) is 0 Å². The van der Waals surface area contributed by atoms with Crippen molar-refractivity contribution >= 4 is 17.8 Å². The maximum atomic E-state index is 12.2. The molecule has 1 heterocycles. The Kier molecular flexibility index (Phi) is 5.33. The molecule has 1 aliphatic rings. The summed E-state index contributed by atoms with van der Waals surface area (Å²) in [4.78, 5) is 24.2. The molecule has 1 fully saturated rings. The van der Waals surface area contributed by atoms with Crippen LogP contribution < -0.4 is 16.0 Å². The molecule has 2 aromatic rings. The Labute approximate surface area is 146 Å². The van der Waals surface area contributed by atoms with E-state index in [1.807, 2.05) is 30.3 Å². The Bertz CT molecular complexity index is 729. The zero-order valence-corrected chi connectivity index (χ0v) is 14.1. The SMILES string of the molecule is CNC(=O)C1CCCCC1NC(=O)Nc1cc(-c2ccccc2)on1.